The first-order valence-corrected chi connectivity index (χ1v) is 9.49. The van der Waals surface area contributed by atoms with Crippen molar-refractivity contribution in [2.75, 3.05) is 12.0 Å². The zero-order chi connectivity index (χ0) is 21.1. The number of carboxylic acid groups (broad SMARTS) is 2. The molecule has 0 saturated carbocycles. The molecule has 12 heteroatoms. The molecule has 7 N–H and O–H groups in total. The summed E-state index contributed by atoms with van der Waals surface area (Å²) < 4.78 is 0. The Labute approximate surface area is 160 Å². The Morgan fingerprint density at radius 1 is 0.926 bits per heavy atom. The SMILES string of the molecule is CSCCC(NC(=O)C(C)NC(=O)C(C)NC(=O)C(N)CC(=O)O)C(=O)O. The third kappa shape index (κ3) is 9.80. The van der Waals surface area contributed by atoms with Crippen LogP contribution in [-0.2, 0) is 24.0 Å². The van der Waals surface area contributed by atoms with E-state index < -0.39 is 60.2 Å². The second-order valence-corrected chi connectivity index (χ2v) is 6.83. The van der Waals surface area contributed by atoms with E-state index in [1.165, 1.54) is 25.6 Å². The van der Waals surface area contributed by atoms with Gasteiger partial charge in [0, 0.05) is 0 Å². The van der Waals surface area contributed by atoms with Crippen LogP contribution < -0.4 is 21.7 Å². The molecule has 154 valence electrons. The van der Waals surface area contributed by atoms with E-state index >= 15 is 0 Å². The first-order valence-electron chi connectivity index (χ1n) is 8.09. The zero-order valence-electron chi connectivity index (χ0n) is 15.4. The average Bonchev–Trinajstić information content (AvgIpc) is 2.56. The summed E-state index contributed by atoms with van der Waals surface area (Å²) in [6.45, 7) is 2.70. The molecule has 0 bridgehead atoms. The number of carbonyl (C=O) groups is 5. The molecule has 27 heavy (non-hydrogen) atoms. The number of nitrogens with one attached hydrogen (secondary N) is 3. The minimum atomic E-state index is -1.31. The van der Waals surface area contributed by atoms with Gasteiger partial charge < -0.3 is 31.9 Å². The van der Waals surface area contributed by atoms with Gasteiger partial charge in [-0.3, -0.25) is 19.2 Å². The Balaban J connectivity index is 4.60. The Morgan fingerprint density at radius 2 is 1.41 bits per heavy atom. The second-order valence-electron chi connectivity index (χ2n) is 5.85. The molecule has 4 atom stereocenters. The van der Waals surface area contributed by atoms with Gasteiger partial charge >= 0.3 is 11.9 Å². The monoisotopic (exact) mass is 406 g/mol. The highest BCUT2D eigenvalue weighted by Crippen LogP contribution is 2.02. The summed E-state index contributed by atoms with van der Waals surface area (Å²) in [5, 5.41) is 24.6. The lowest BCUT2D eigenvalue weighted by Gasteiger charge is -2.21. The lowest BCUT2D eigenvalue weighted by molar-refractivity contribution is -0.142. The molecule has 0 aliphatic carbocycles. The van der Waals surface area contributed by atoms with Crippen molar-refractivity contribution in [2.45, 2.75) is 50.9 Å². The maximum Gasteiger partial charge on any atom is 0.326 e. The van der Waals surface area contributed by atoms with Crippen LogP contribution in [0, 0.1) is 0 Å². The summed E-state index contributed by atoms with van der Waals surface area (Å²) in [5.74, 6) is -4.10. The summed E-state index contributed by atoms with van der Waals surface area (Å²) in [6, 6.07) is -4.50. The first kappa shape index (κ1) is 24.7. The molecule has 0 fully saturated rings. The van der Waals surface area contributed by atoms with E-state index in [9.17, 15) is 24.0 Å². The number of nitrogens with two attached hydrogens (primary N) is 1. The Morgan fingerprint density at radius 3 is 1.85 bits per heavy atom. The summed E-state index contributed by atoms with van der Waals surface area (Å²) in [4.78, 5) is 57.5. The number of hydrogen-bond acceptors (Lipinski definition) is 7. The smallest absolute Gasteiger partial charge is 0.326 e. The van der Waals surface area contributed by atoms with E-state index in [2.05, 4.69) is 16.0 Å². The van der Waals surface area contributed by atoms with Crippen LogP contribution in [0.25, 0.3) is 0 Å². The van der Waals surface area contributed by atoms with Gasteiger partial charge in [0.15, 0.2) is 0 Å². The van der Waals surface area contributed by atoms with E-state index in [0.29, 0.717) is 5.75 Å². The molecular formula is C15H26N4O7S. The van der Waals surface area contributed by atoms with Crippen molar-refractivity contribution >= 4 is 41.4 Å². The number of hydrogen-bond donors (Lipinski definition) is 6. The zero-order valence-corrected chi connectivity index (χ0v) is 16.2. The molecule has 0 radical (unpaired) electrons. The third-order valence-electron chi connectivity index (χ3n) is 3.46. The van der Waals surface area contributed by atoms with E-state index in [0.717, 1.165) is 0 Å². The highest BCUT2D eigenvalue weighted by Gasteiger charge is 2.26. The van der Waals surface area contributed by atoms with Crippen LogP contribution in [0.4, 0.5) is 0 Å². The van der Waals surface area contributed by atoms with Crippen LogP contribution in [0.2, 0.25) is 0 Å². The Kier molecular flexibility index (Phi) is 11.1. The number of aliphatic carboxylic acids is 2. The van der Waals surface area contributed by atoms with Crippen LogP contribution >= 0.6 is 11.8 Å². The highest BCUT2D eigenvalue weighted by atomic mass is 32.2. The number of carbonyl (C=O) groups excluding carboxylic acids is 3. The molecule has 4 unspecified atom stereocenters. The molecule has 0 aliphatic rings. The molecule has 0 aliphatic heterocycles. The summed E-state index contributed by atoms with van der Waals surface area (Å²) >= 11 is 1.44. The van der Waals surface area contributed by atoms with Crippen molar-refractivity contribution in [1.82, 2.24) is 16.0 Å². The number of amides is 3. The van der Waals surface area contributed by atoms with Crippen molar-refractivity contribution in [1.29, 1.82) is 0 Å². The summed E-state index contributed by atoms with van der Waals surface area (Å²) in [5.41, 5.74) is 5.39. The lowest BCUT2D eigenvalue weighted by atomic mass is 10.1. The maximum atomic E-state index is 12.1. The van der Waals surface area contributed by atoms with Gasteiger partial charge in [0.2, 0.25) is 17.7 Å². The fourth-order valence-electron chi connectivity index (χ4n) is 1.86. The molecule has 0 rings (SSSR count). The molecule has 0 heterocycles. The maximum absolute atomic E-state index is 12.1. The first-order chi connectivity index (χ1) is 12.5. The normalized spacial score (nSPS) is 15.0. The number of rotatable bonds is 12. The van der Waals surface area contributed by atoms with E-state index in [4.69, 9.17) is 15.9 Å². The van der Waals surface area contributed by atoms with Gasteiger partial charge in [-0.15, -0.1) is 0 Å². The van der Waals surface area contributed by atoms with E-state index in [1.807, 2.05) is 6.26 Å². The van der Waals surface area contributed by atoms with Crippen molar-refractivity contribution in [3.8, 4) is 0 Å². The molecule has 0 aromatic heterocycles. The molecule has 0 aromatic carbocycles. The second kappa shape index (κ2) is 12.1. The fourth-order valence-corrected chi connectivity index (χ4v) is 2.33. The standard InChI is InChI=1S/C15H26N4O7S/c1-7(18-14(24)9(16)6-11(20)21)12(22)17-8(2)13(23)19-10(15(25)26)4-5-27-3/h7-10H,4-6,16H2,1-3H3,(H,17,22)(H,18,24)(H,19,23)(H,20,21)(H,25,26). The van der Waals surface area contributed by atoms with Gasteiger partial charge in [0.05, 0.1) is 12.5 Å². The van der Waals surface area contributed by atoms with Crippen molar-refractivity contribution in [3.63, 3.8) is 0 Å². The lowest BCUT2D eigenvalue weighted by Crippen LogP contribution is -2.55. The van der Waals surface area contributed by atoms with Gasteiger partial charge in [0.25, 0.3) is 0 Å². The molecular weight excluding hydrogens is 380 g/mol. The van der Waals surface area contributed by atoms with Crippen LogP contribution in [0.3, 0.4) is 0 Å². The Hall–Kier alpha value is -2.34. The summed E-state index contributed by atoms with van der Waals surface area (Å²) in [6.07, 6.45) is 1.45. The van der Waals surface area contributed by atoms with Crippen LogP contribution in [0.5, 0.6) is 0 Å². The van der Waals surface area contributed by atoms with E-state index in [1.54, 1.807) is 0 Å². The third-order valence-corrected chi connectivity index (χ3v) is 4.10. The highest BCUT2D eigenvalue weighted by molar-refractivity contribution is 7.98. The topological polar surface area (TPSA) is 188 Å². The van der Waals surface area contributed by atoms with Crippen molar-refractivity contribution in [3.05, 3.63) is 0 Å². The largest absolute Gasteiger partial charge is 0.481 e. The molecule has 0 spiro atoms. The fraction of sp³-hybridized carbons (Fsp3) is 0.667. The Bertz CT molecular complexity index is 572. The van der Waals surface area contributed by atoms with Gasteiger partial charge in [-0.1, -0.05) is 0 Å². The quantitative estimate of drug-likeness (QED) is 0.215. The predicted molar refractivity (Wildman–Crippen MR) is 98.0 cm³/mol. The predicted octanol–water partition coefficient (Wildman–Crippen LogP) is -1.88. The van der Waals surface area contributed by atoms with Crippen molar-refractivity contribution in [2.24, 2.45) is 5.73 Å². The summed E-state index contributed by atoms with van der Waals surface area (Å²) in [7, 11) is 0. The van der Waals surface area contributed by atoms with Crippen LogP contribution in [-0.4, -0.2) is 76.0 Å². The van der Waals surface area contributed by atoms with Crippen molar-refractivity contribution < 1.29 is 34.2 Å². The van der Waals surface area contributed by atoms with Crippen LogP contribution in [0.1, 0.15) is 26.7 Å². The van der Waals surface area contributed by atoms with Gasteiger partial charge in [-0.05, 0) is 32.3 Å². The average molecular weight is 406 g/mol. The number of thioether (sulfide) groups is 1. The minimum Gasteiger partial charge on any atom is -0.481 e. The minimum absolute atomic E-state index is 0.233. The van der Waals surface area contributed by atoms with Gasteiger partial charge in [-0.2, -0.15) is 11.8 Å². The van der Waals surface area contributed by atoms with Gasteiger partial charge in [0.1, 0.15) is 18.1 Å². The molecule has 0 saturated heterocycles. The number of carboxylic acids is 2. The van der Waals surface area contributed by atoms with Crippen LogP contribution in [0.15, 0.2) is 0 Å². The molecule has 3 amide bonds. The molecule has 0 aromatic rings. The molecule has 11 nitrogen and oxygen atoms in total. The van der Waals surface area contributed by atoms with E-state index in [-0.39, 0.29) is 6.42 Å². The van der Waals surface area contributed by atoms with Gasteiger partial charge in [-0.25, -0.2) is 4.79 Å².